The van der Waals surface area contributed by atoms with Crippen LogP contribution in [0.2, 0.25) is 0 Å². The number of para-hydroxylation sites is 12. The fourth-order valence-corrected chi connectivity index (χ4v) is 18.7. The summed E-state index contributed by atoms with van der Waals surface area (Å²) in [5, 5.41) is 13.9. The van der Waals surface area contributed by atoms with Gasteiger partial charge in [0.15, 0.2) is 0 Å². The van der Waals surface area contributed by atoms with Crippen LogP contribution in [0.1, 0.15) is 0 Å². The van der Waals surface area contributed by atoms with E-state index in [2.05, 4.69) is 295 Å². The summed E-state index contributed by atoms with van der Waals surface area (Å²) in [6.45, 7) is 0. The fourth-order valence-electron chi connectivity index (χ4n) is 18.7. The summed E-state index contributed by atoms with van der Waals surface area (Å²) in [4.78, 5) is 53.1. The van der Waals surface area contributed by atoms with E-state index < -0.39 is 0 Å². The Morgan fingerprint density at radius 1 is 0.198 bits per heavy atom. The van der Waals surface area contributed by atoms with Crippen LogP contribution in [-0.2, 0) is 0 Å². The molecule has 12 heteroatoms. The average molecular weight is 1610 g/mol. The molecule has 0 unspecified atom stereocenters. The average Bonchev–Trinajstić information content (AvgIpc) is 1.04. The Morgan fingerprint density at radius 2 is 0.540 bits per heavy atom. The van der Waals surface area contributed by atoms with Gasteiger partial charge in [-0.2, -0.15) is 0 Å². The minimum atomic E-state index is 0.715. The van der Waals surface area contributed by atoms with Gasteiger partial charge in [0, 0.05) is 16.8 Å². The highest BCUT2D eigenvalue weighted by Gasteiger charge is 2.24. The van der Waals surface area contributed by atoms with Crippen molar-refractivity contribution in [3.63, 3.8) is 0 Å². The predicted octanol–water partition coefficient (Wildman–Crippen LogP) is 27.9. The van der Waals surface area contributed by atoms with E-state index in [9.17, 15) is 0 Å². The monoisotopic (exact) mass is 1600 g/mol. The molecular formula is C114H68N12-4. The zero-order valence-corrected chi connectivity index (χ0v) is 67.6. The molecule has 0 saturated heterocycles. The summed E-state index contributed by atoms with van der Waals surface area (Å²) in [5.41, 5.74) is 29.5. The van der Waals surface area contributed by atoms with Crippen LogP contribution in [0.5, 0.6) is 0 Å². The lowest BCUT2D eigenvalue weighted by Crippen LogP contribution is -1.98. The smallest absolute Gasteiger partial charge is 0.145 e. The highest BCUT2D eigenvalue weighted by molar-refractivity contribution is 6.25. The number of fused-ring (bicyclic) bond motifs is 12. The first kappa shape index (κ1) is 71.7. The third-order valence-corrected chi connectivity index (χ3v) is 24.7. The Labute approximate surface area is 721 Å². The van der Waals surface area contributed by atoms with Crippen molar-refractivity contribution in [1.82, 2.24) is 59.4 Å². The zero-order chi connectivity index (χ0) is 82.9. The van der Waals surface area contributed by atoms with Crippen LogP contribution in [-0.4, -0.2) is 39.5 Å². The molecule has 0 amide bonds. The second-order valence-corrected chi connectivity index (χ2v) is 32.2. The largest absolute Gasteiger partial charge is 0.435 e. The van der Waals surface area contributed by atoms with Gasteiger partial charge < -0.3 is 44.9 Å². The molecule has 126 heavy (non-hydrogen) atoms. The topological polar surface area (TPSA) is 154 Å². The van der Waals surface area contributed by atoms with Crippen LogP contribution in [0.15, 0.2) is 406 Å². The van der Waals surface area contributed by atoms with Crippen LogP contribution < -0.4 is 19.9 Å². The molecule has 0 radical (unpaired) electrons. The summed E-state index contributed by atoms with van der Waals surface area (Å²) in [6, 6.07) is 143. The van der Waals surface area contributed by atoms with Crippen molar-refractivity contribution in [3.05, 3.63) is 406 Å². The minimum absolute atomic E-state index is 0.715. The molecule has 0 atom stereocenters. The van der Waals surface area contributed by atoms with Gasteiger partial charge in [0.05, 0.1) is 22.1 Å². The van der Waals surface area contributed by atoms with Crippen molar-refractivity contribution < 1.29 is 0 Å². The molecule has 6 heterocycles. The molecule has 0 aliphatic heterocycles. The van der Waals surface area contributed by atoms with E-state index in [1.54, 1.807) is 0 Å². The fraction of sp³-hybridized carbons (Fsp3) is 0. The number of aromatic nitrogens is 12. The van der Waals surface area contributed by atoms with E-state index in [1.807, 2.05) is 121 Å². The molecule has 26 rings (SSSR count). The first-order valence-electron chi connectivity index (χ1n) is 42.3. The molecule has 20 aromatic carbocycles. The van der Waals surface area contributed by atoms with Crippen molar-refractivity contribution in [3.8, 4) is 130 Å². The molecule has 0 saturated carbocycles. The molecule has 0 bridgehead atoms. The molecule has 0 aliphatic carbocycles. The maximum Gasteiger partial charge on any atom is 0.145 e. The van der Waals surface area contributed by atoms with Crippen LogP contribution >= 0.6 is 0 Å². The van der Waals surface area contributed by atoms with Crippen LogP contribution in [0, 0.1) is 0 Å². The number of imidazole rings is 6. The van der Waals surface area contributed by atoms with E-state index in [-0.39, 0.29) is 0 Å². The molecule has 6 aromatic heterocycles. The maximum absolute atomic E-state index is 5.14. The van der Waals surface area contributed by atoms with Crippen molar-refractivity contribution in [2.45, 2.75) is 0 Å². The number of hydrogen-bond donors (Lipinski definition) is 1. The summed E-state index contributed by atoms with van der Waals surface area (Å²) in [7, 11) is 0. The summed E-state index contributed by atoms with van der Waals surface area (Å²) >= 11 is 0. The van der Waals surface area contributed by atoms with Crippen molar-refractivity contribution in [2.75, 3.05) is 0 Å². The Bertz CT molecular complexity index is 8680. The first-order valence-corrected chi connectivity index (χ1v) is 42.3. The molecule has 12 nitrogen and oxygen atoms in total. The van der Waals surface area contributed by atoms with E-state index >= 15 is 0 Å². The normalized spacial score (nSPS) is 11.8. The van der Waals surface area contributed by atoms with Gasteiger partial charge in [-0.3, -0.25) is 4.57 Å². The summed E-state index contributed by atoms with van der Waals surface area (Å²) < 4.78 is 2.27. The second kappa shape index (κ2) is 29.3. The Balaban J connectivity index is 0.000000140. The van der Waals surface area contributed by atoms with E-state index in [0.717, 1.165) is 228 Å². The SMILES string of the molecule is c1ccc(-c2nc3ccccc3n2-c2ccc(-c3c4ccc(-c5nc6ccccc6[n-]5)cc4c(-c4ccc5ccccc5c4)c4ccc(-c5ccc(-c6nc7ccccc7[n-]6)cc5)cc34)cc2)cc1.c1ccc2cc(-c3c4ccc(-c5nc6ccccc6[n-]5)cc4c(-c4ccc(-c5nc6ccccc6[nH]5)cc4)c4ccc(-c5nc6ccccc6[n-]5)cc34)ccc2c1. The zero-order valence-electron chi connectivity index (χ0n) is 67.6. The van der Waals surface area contributed by atoms with Gasteiger partial charge in [-0.05, 0) is 259 Å². The molecule has 26 aromatic rings. The van der Waals surface area contributed by atoms with E-state index in [1.165, 1.54) is 27.1 Å². The lowest BCUT2D eigenvalue weighted by atomic mass is 9.84. The number of nitrogens with zero attached hydrogens (tertiary/aromatic N) is 11. The summed E-state index contributed by atoms with van der Waals surface area (Å²) in [6.07, 6.45) is 0. The Hall–Kier alpha value is -17.2. The molecule has 0 fully saturated rings. The van der Waals surface area contributed by atoms with Crippen molar-refractivity contribution in [1.29, 1.82) is 0 Å². The highest BCUT2D eigenvalue weighted by atomic mass is 15.1. The Morgan fingerprint density at radius 3 is 1.01 bits per heavy atom. The molecule has 1 N–H and O–H groups in total. The van der Waals surface area contributed by atoms with Gasteiger partial charge in [-0.25, -0.2) is 9.97 Å². The summed E-state index contributed by atoms with van der Waals surface area (Å²) in [5.74, 6) is 4.64. The number of aromatic amines is 1. The van der Waals surface area contributed by atoms with Crippen LogP contribution in [0.3, 0.4) is 0 Å². The van der Waals surface area contributed by atoms with Gasteiger partial charge in [0.25, 0.3) is 0 Å². The minimum Gasteiger partial charge on any atom is -0.435 e. The third-order valence-electron chi connectivity index (χ3n) is 24.7. The quantitative estimate of drug-likeness (QED) is 0.117. The van der Waals surface area contributed by atoms with Gasteiger partial charge in [-0.15, -0.1) is 0 Å². The lowest BCUT2D eigenvalue weighted by molar-refractivity contribution is 1.10. The van der Waals surface area contributed by atoms with Gasteiger partial charge in [-0.1, -0.05) is 357 Å². The van der Waals surface area contributed by atoms with E-state index in [4.69, 9.17) is 49.8 Å². The van der Waals surface area contributed by atoms with E-state index in [0.29, 0.717) is 5.82 Å². The third kappa shape index (κ3) is 12.4. The molecule has 588 valence electrons. The van der Waals surface area contributed by atoms with Gasteiger partial charge in [0.2, 0.25) is 0 Å². The van der Waals surface area contributed by atoms with Gasteiger partial charge in [0.1, 0.15) is 11.6 Å². The van der Waals surface area contributed by atoms with Crippen molar-refractivity contribution in [2.24, 2.45) is 0 Å². The molecule has 0 aliphatic rings. The first-order chi connectivity index (χ1) is 62.4. The molecule has 0 spiro atoms. The number of H-pyrrole nitrogens is 1. The number of hydrogen-bond acceptors (Lipinski definition) is 6. The second-order valence-electron chi connectivity index (χ2n) is 32.2. The Kier molecular flexibility index (Phi) is 16.7. The van der Waals surface area contributed by atoms with Crippen molar-refractivity contribution >= 4 is 131 Å². The van der Waals surface area contributed by atoms with Gasteiger partial charge >= 0.3 is 0 Å². The standard InChI is InChI=1S/C63H38N6.C51H30N6/c1-2-13-43(14-3-1)63-68-57-20-10-11-21-58(57)69(63)48-32-28-41(29-33-48)59-49-35-31-47(62-66-55-18-8-9-19-56(55)67-62)38-52(49)60(46-27-24-39-12-4-5-15-44(39)36-46)50-34-30-45(37-51(50)59)40-22-25-42(26-23-40)61-64-53-16-6-7-17-54(53)65-61;1-2-10-33-27-34(22-17-30(33)9-1)48-38-26-24-35(50-54-43-13-5-6-14-44(43)55-50)28-39(38)47(31-18-20-32(21-19-31)49-52-41-11-3-4-12-42(41)53-49)37-25-23-36(29-40(37)48)51-56-45-15-7-8-16-46(45)57-51/h1-38H;1-29H,(H-2,52,53,54,55,56,57)/q2*-2. The van der Waals surface area contributed by atoms with Crippen LogP contribution in [0.25, 0.3) is 260 Å². The molecular weight excluding hydrogens is 1540 g/mol. The van der Waals surface area contributed by atoms with Crippen LogP contribution in [0.4, 0.5) is 0 Å². The number of benzene rings is 20. The highest BCUT2D eigenvalue weighted by Crippen LogP contribution is 2.50. The number of nitrogens with one attached hydrogen (secondary N) is 1. The predicted molar refractivity (Wildman–Crippen MR) is 516 cm³/mol. The lowest BCUT2D eigenvalue weighted by Gasteiger charge is -2.20. The number of rotatable bonds is 12. The maximum atomic E-state index is 5.14.